The summed E-state index contributed by atoms with van der Waals surface area (Å²) < 4.78 is 0. The summed E-state index contributed by atoms with van der Waals surface area (Å²) in [4.78, 5) is 11.0. The molecule has 1 aromatic carbocycles. The van der Waals surface area contributed by atoms with Crippen molar-refractivity contribution in [1.82, 2.24) is 5.32 Å². The zero-order valence-electron chi connectivity index (χ0n) is 9.52. The molecule has 0 aliphatic heterocycles. The van der Waals surface area contributed by atoms with Gasteiger partial charge in [0.2, 0.25) is 6.29 Å². The number of carbonyl (C=O) groups excluding carboxylic acids is 1. The number of nitrogens with one attached hydrogen (secondary N) is 1. The van der Waals surface area contributed by atoms with Gasteiger partial charge in [0.05, 0.1) is 12.6 Å². The van der Waals surface area contributed by atoms with Crippen LogP contribution >= 0.6 is 0 Å². The van der Waals surface area contributed by atoms with Gasteiger partial charge >= 0.3 is 0 Å². The Morgan fingerprint density at radius 3 is 2.22 bits per heavy atom. The lowest BCUT2D eigenvalue weighted by Crippen LogP contribution is -2.46. The van der Waals surface area contributed by atoms with Crippen molar-refractivity contribution in [3.05, 3.63) is 29.8 Å². The molecule has 18 heavy (non-hydrogen) atoms. The molecule has 1 rings (SSSR count). The second kappa shape index (κ2) is 6.31. The average Bonchev–Trinajstić information content (AvgIpc) is 2.35. The van der Waals surface area contributed by atoms with Crippen LogP contribution < -0.4 is 11.1 Å². The van der Waals surface area contributed by atoms with E-state index in [1.807, 2.05) is 0 Å². The Bertz CT molecular complexity index is 393. The predicted molar refractivity (Wildman–Crippen MR) is 63.1 cm³/mol. The fourth-order valence-corrected chi connectivity index (χ4v) is 1.41. The molecule has 1 amide bonds. The molecule has 0 aliphatic carbocycles. The van der Waals surface area contributed by atoms with Gasteiger partial charge in [0.15, 0.2) is 0 Å². The van der Waals surface area contributed by atoms with Crippen molar-refractivity contribution in [2.75, 3.05) is 12.3 Å². The highest BCUT2D eigenvalue weighted by Gasteiger charge is 2.24. The first-order chi connectivity index (χ1) is 8.45. The molecule has 1 aromatic rings. The zero-order valence-corrected chi connectivity index (χ0v) is 9.52. The van der Waals surface area contributed by atoms with Crippen LogP contribution in [-0.4, -0.2) is 45.3 Å². The molecule has 2 atom stereocenters. The van der Waals surface area contributed by atoms with Gasteiger partial charge in [-0.1, -0.05) is 12.1 Å². The van der Waals surface area contributed by atoms with Gasteiger partial charge in [-0.05, 0) is 17.7 Å². The van der Waals surface area contributed by atoms with Crippen LogP contribution in [0.2, 0.25) is 0 Å². The third-order valence-electron chi connectivity index (χ3n) is 2.42. The van der Waals surface area contributed by atoms with E-state index in [4.69, 9.17) is 21.1 Å². The SMILES string of the molecule is Nc1ccc(C(O)C(CO)NC(=O)C(O)O)cc1. The zero-order chi connectivity index (χ0) is 13.7. The molecular weight excluding hydrogens is 240 g/mol. The lowest BCUT2D eigenvalue weighted by Gasteiger charge is -2.23. The van der Waals surface area contributed by atoms with Gasteiger partial charge in [-0.3, -0.25) is 4.79 Å². The molecule has 7 heteroatoms. The van der Waals surface area contributed by atoms with E-state index in [1.165, 1.54) is 0 Å². The molecule has 0 bridgehead atoms. The van der Waals surface area contributed by atoms with Crippen molar-refractivity contribution < 1.29 is 25.2 Å². The Balaban J connectivity index is 2.75. The number of anilines is 1. The van der Waals surface area contributed by atoms with E-state index in [9.17, 15) is 9.90 Å². The molecule has 7 nitrogen and oxygen atoms in total. The van der Waals surface area contributed by atoms with Crippen molar-refractivity contribution in [2.24, 2.45) is 0 Å². The maximum Gasteiger partial charge on any atom is 0.276 e. The molecule has 0 saturated carbocycles. The Hall–Kier alpha value is -1.67. The number of hydrogen-bond donors (Lipinski definition) is 6. The molecule has 100 valence electrons. The van der Waals surface area contributed by atoms with Gasteiger partial charge in [-0.25, -0.2) is 0 Å². The molecule has 0 heterocycles. The molecule has 0 spiro atoms. The van der Waals surface area contributed by atoms with E-state index >= 15 is 0 Å². The lowest BCUT2D eigenvalue weighted by molar-refractivity contribution is -0.149. The number of rotatable bonds is 5. The summed E-state index contributed by atoms with van der Waals surface area (Å²) in [5.74, 6) is -1.09. The Morgan fingerprint density at radius 1 is 1.22 bits per heavy atom. The first kappa shape index (κ1) is 14.4. The second-order valence-corrected chi connectivity index (χ2v) is 3.78. The summed E-state index contributed by atoms with van der Waals surface area (Å²) in [5, 5.41) is 38.3. The predicted octanol–water partition coefficient (Wildman–Crippen LogP) is -1.91. The molecule has 0 aliphatic rings. The third-order valence-corrected chi connectivity index (χ3v) is 2.42. The van der Waals surface area contributed by atoms with Crippen LogP contribution in [0.25, 0.3) is 0 Å². The number of aliphatic hydroxyl groups is 4. The number of benzene rings is 1. The van der Waals surface area contributed by atoms with E-state index < -0.39 is 30.9 Å². The van der Waals surface area contributed by atoms with Crippen molar-refractivity contribution in [1.29, 1.82) is 0 Å². The van der Waals surface area contributed by atoms with Gasteiger partial charge < -0.3 is 31.5 Å². The van der Waals surface area contributed by atoms with Crippen molar-refractivity contribution in [3.8, 4) is 0 Å². The van der Waals surface area contributed by atoms with Crippen molar-refractivity contribution in [2.45, 2.75) is 18.4 Å². The summed E-state index contributed by atoms with van der Waals surface area (Å²) in [5.41, 5.74) is 6.44. The topological polar surface area (TPSA) is 136 Å². The molecule has 7 N–H and O–H groups in total. The van der Waals surface area contributed by atoms with Crippen molar-refractivity contribution in [3.63, 3.8) is 0 Å². The minimum absolute atomic E-state index is 0.441. The monoisotopic (exact) mass is 256 g/mol. The highest BCUT2D eigenvalue weighted by molar-refractivity contribution is 5.79. The molecular formula is C11H16N2O5. The summed E-state index contributed by atoms with van der Waals surface area (Å²) >= 11 is 0. The molecule has 0 saturated heterocycles. The highest BCUT2D eigenvalue weighted by Crippen LogP contribution is 2.18. The van der Waals surface area contributed by atoms with Crippen LogP contribution in [0.5, 0.6) is 0 Å². The maximum atomic E-state index is 11.0. The Morgan fingerprint density at radius 2 is 1.78 bits per heavy atom. The highest BCUT2D eigenvalue weighted by atomic mass is 16.5. The van der Waals surface area contributed by atoms with Crippen LogP contribution in [-0.2, 0) is 4.79 Å². The largest absolute Gasteiger partial charge is 0.399 e. The fourth-order valence-electron chi connectivity index (χ4n) is 1.41. The van der Waals surface area contributed by atoms with E-state index in [2.05, 4.69) is 5.32 Å². The molecule has 2 unspecified atom stereocenters. The summed E-state index contributed by atoms with van der Waals surface area (Å²) in [6.07, 6.45) is -3.38. The molecule has 0 radical (unpaired) electrons. The van der Waals surface area contributed by atoms with E-state index in [0.29, 0.717) is 11.3 Å². The lowest BCUT2D eigenvalue weighted by atomic mass is 10.0. The Kier molecular flexibility index (Phi) is 5.05. The summed E-state index contributed by atoms with van der Waals surface area (Å²) in [6, 6.07) is 5.18. The first-order valence-corrected chi connectivity index (χ1v) is 5.26. The van der Waals surface area contributed by atoms with Crippen LogP contribution in [0.1, 0.15) is 11.7 Å². The number of amides is 1. The summed E-state index contributed by atoms with van der Waals surface area (Å²) in [7, 11) is 0. The van der Waals surface area contributed by atoms with E-state index in [0.717, 1.165) is 0 Å². The van der Waals surface area contributed by atoms with Crippen LogP contribution in [0.15, 0.2) is 24.3 Å². The van der Waals surface area contributed by atoms with Gasteiger partial charge in [0.1, 0.15) is 6.10 Å². The van der Waals surface area contributed by atoms with Gasteiger partial charge in [-0.15, -0.1) is 0 Å². The van der Waals surface area contributed by atoms with Crippen LogP contribution in [0.3, 0.4) is 0 Å². The minimum Gasteiger partial charge on any atom is -0.399 e. The fraction of sp³-hybridized carbons (Fsp3) is 0.364. The number of aliphatic hydroxyl groups excluding tert-OH is 3. The smallest absolute Gasteiger partial charge is 0.276 e. The van der Waals surface area contributed by atoms with E-state index in [-0.39, 0.29) is 0 Å². The normalized spacial score (nSPS) is 14.3. The summed E-state index contributed by atoms with van der Waals surface area (Å²) in [6.45, 7) is -0.552. The quantitative estimate of drug-likeness (QED) is 0.269. The molecule has 0 aromatic heterocycles. The number of hydrogen-bond acceptors (Lipinski definition) is 6. The third kappa shape index (κ3) is 3.67. The van der Waals surface area contributed by atoms with Crippen LogP contribution in [0, 0.1) is 0 Å². The van der Waals surface area contributed by atoms with E-state index in [1.54, 1.807) is 24.3 Å². The Labute approximate surface area is 103 Å². The van der Waals surface area contributed by atoms with Crippen LogP contribution in [0.4, 0.5) is 5.69 Å². The first-order valence-electron chi connectivity index (χ1n) is 5.26. The second-order valence-electron chi connectivity index (χ2n) is 3.78. The number of carbonyl (C=O) groups is 1. The minimum atomic E-state index is -2.20. The average molecular weight is 256 g/mol. The van der Waals surface area contributed by atoms with Gasteiger partial charge in [0.25, 0.3) is 5.91 Å². The van der Waals surface area contributed by atoms with Crippen molar-refractivity contribution >= 4 is 11.6 Å². The maximum absolute atomic E-state index is 11.0. The van der Waals surface area contributed by atoms with Gasteiger partial charge in [-0.2, -0.15) is 0 Å². The van der Waals surface area contributed by atoms with Gasteiger partial charge in [0, 0.05) is 5.69 Å². The number of nitrogen functional groups attached to an aromatic ring is 1. The standard InChI is InChI=1S/C11H16N2O5/c12-7-3-1-6(2-4-7)9(15)8(5-14)13-10(16)11(17)18/h1-4,8-9,11,14-15,17-18H,5,12H2,(H,13,16). The number of nitrogens with two attached hydrogens (primary N) is 1. The molecule has 0 fully saturated rings.